The summed E-state index contributed by atoms with van der Waals surface area (Å²) < 4.78 is 5.22. The van der Waals surface area contributed by atoms with Crippen molar-refractivity contribution in [2.45, 2.75) is 76.6 Å². The average molecular weight is 240 g/mol. The van der Waals surface area contributed by atoms with Crippen molar-refractivity contribution in [2.24, 2.45) is 0 Å². The number of carbonyl (C=O) groups excluding carboxylic acids is 1. The maximum atomic E-state index is 11.5. The molecule has 2 saturated carbocycles. The summed E-state index contributed by atoms with van der Waals surface area (Å²) in [6.45, 7) is 5.65. The van der Waals surface area contributed by atoms with Gasteiger partial charge in [-0.15, -0.1) is 0 Å². The normalized spacial score (nSPS) is 29.1. The van der Waals surface area contributed by atoms with Crippen molar-refractivity contribution in [3.63, 3.8) is 0 Å². The SMILES string of the molecule is CC(C)(C)OC(=O)NC1CC(NC2CCC2)C1. The van der Waals surface area contributed by atoms with E-state index in [1.54, 1.807) is 0 Å². The number of hydrogen-bond acceptors (Lipinski definition) is 3. The van der Waals surface area contributed by atoms with Gasteiger partial charge >= 0.3 is 6.09 Å². The second-order valence-electron chi connectivity index (χ2n) is 6.31. The van der Waals surface area contributed by atoms with Crippen LogP contribution >= 0.6 is 0 Å². The highest BCUT2D eigenvalue weighted by atomic mass is 16.6. The van der Waals surface area contributed by atoms with Gasteiger partial charge in [0.25, 0.3) is 0 Å². The van der Waals surface area contributed by atoms with Crippen molar-refractivity contribution in [1.29, 1.82) is 0 Å². The van der Waals surface area contributed by atoms with Crippen molar-refractivity contribution in [3.05, 3.63) is 0 Å². The number of amides is 1. The molecule has 2 rings (SSSR count). The van der Waals surface area contributed by atoms with Crippen LogP contribution in [-0.4, -0.2) is 29.8 Å². The molecule has 2 aliphatic carbocycles. The summed E-state index contributed by atoms with van der Waals surface area (Å²) >= 11 is 0. The molecule has 0 saturated heterocycles. The van der Waals surface area contributed by atoms with Crippen LogP contribution in [0.3, 0.4) is 0 Å². The highest BCUT2D eigenvalue weighted by Gasteiger charge is 2.33. The Morgan fingerprint density at radius 3 is 2.24 bits per heavy atom. The van der Waals surface area contributed by atoms with Crippen molar-refractivity contribution in [2.75, 3.05) is 0 Å². The Hall–Kier alpha value is -0.770. The van der Waals surface area contributed by atoms with Gasteiger partial charge in [-0.3, -0.25) is 0 Å². The van der Waals surface area contributed by atoms with Crippen molar-refractivity contribution >= 4 is 6.09 Å². The molecule has 4 nitrogen and oxygen atoms in total. The quantitative estimate of drug-likeness (QED) is 0.795. The van der Waals surface area contributed by atoms with Crippen LogP contribution in [0.4, 0.5) is 4.79 Å². The standard InChI is InChI=1S/C13H24N2O2/c1-13(2,3)17-12(16)15-11-7-10(8-11)14-9-5-4-6-9/h9-11,14H,4-8H2,1-3H3,(H,15,16). The fourth-order valence-electron chi connectivity index (χ4n) is 2.25. The summed E-state index contributed by atoms with van der Waals surface area (Å²) in [6, 6.07) is 1.63. The van der Waals surface area contributed by atoms with Crippen LogP contribution in [-0.2, 0) is 4.74 Å². The molecule has 2 N–H and O–H groups in total. The molecule has 0 aromatic carbocycles. The zero-order valence-corrected chi connectivity index (χ0v) is 11.1. The number of ether oxygens (including phenoxy) is 1. The molecule has 2 fully saturated rings. The van der Waals surface area contributed by atoms with Crippen LogP contribution in [0.15, 0.2) is 0 Å². The summed E-state index contributed by atoms with van der Waals surface area (Å²) in [5.74, 6) is 0. The number of carbonyl (C=O) groups is 1. The highest BCUT2D eigenvalue weighted by molar-refractivity contribution is 5.68. The number of hydrogen-bond donors (Lipinski definition) is 2. The molecule has 0 atom stereocenters. The molecule has 4 heteroatoms. The summed E-state index contributed by atoms with van der Waals surface area (Å²) in [6.07, 6.45) is 5.79. The van der Waals surface area contributed by atoms with Crippen molar-refractivity contribution in [1.82, 2.24) is 10.6 Å². The van der Waals surface area contributed by atoms with Gasteiger partial charge in [-0.25, -0.2) is 4.79 Å². The highest BCUT2D eigenvalue weighted by Crippen LogP contribution is 2.25. The third kappa shape index (κ3) is 3.87. The van der Waals surface area contributed by atoms with Crippen molar-refractivity contribution in [3.8, 4) is 0 Å². The Kier molecular flexibility index (Phi) is 3.61. The molecule has 0 bridgehead atoms. The zero-order valence-electron chi connectivity index (χ0n) is 11.1. The van der Waals surface area contributed by atoms with Gasteiger partial charge in [0.1, 0.15) is 5.60 Å². The summed E-state index contributed by atoms with van der Waals surface area (Å²) in [5.41, 5.74) is -0.405. The van der Waals surface area contributed by atoms with Crippen LogP contribution < -0.4 is 10.6 Å². The number of alkyl carbamates (subject to hydrolysis) is 1. The van der Waals surface area contributed by atoms with E-state index in [0.717, 1.165) is 18.9 Å². The van der Waals surface area contributed by atoms with E-state index in [0.29, 0.717) is 12.1 Å². The molecule has 0 radical (unpaired) electrons. The molecular weight excluding hydrogens is 216 g/mol. The van der Waals surface area contributed by atoms with E-state index in [4.69, 9.17) is 4.74 Å². The Labute approximate surface area is 103 Å². The van der Waals surface area contributed by atoms with Gasteiger partial charge in [0.15, 0.2) is 0 Å². The molecule has 1 amide bonds. The Morgan fingerprint density at radius 1 is 1.12 bits per heavy atom. The Morgan fingerprint density at radius 2 is 1.76 bits per heavy atom. The minimum absolute atomic E-state index is 0.287. The van der Waals surface area contributed by atoms with Crippen LogP contribution in [0.5, 0.6) is 0 Å². The molecule has 0 aromatic heterocycles. The summed E-state index contributed by atoms with van der Waals surface area (Å²) in [7, 11) is 0. The van der Waals surface area contributed by atoms with E-state index in [-0.39, 0.29) is 6.09 Å². The largest absolute Gasteiger partial charge is 0.444 e. The minimum Gasteiger partial charge on any atom is -0.444 e. The van der Waals surface area contributed by atoms with Gasteiger partial charge in [0.2, 0.25) is 0 Å². The zero-order chi connectivity index (χ0) is 12.5. The third-order valence-electron chi connectivity index (χ3n) is 3.44. The molecule has 17 heavy (non-hydrogen) atoms. The maximum absolute atomic E-state index is 11.5. The molecule has 2 aliphatic rings. The predicted molar refractivity (Wildman–Crippen MR) is 67.0 cm³/mol. The van der Waals surface area contributed by atoms with Crippen LogP contribution in [0, 0.1) is 0 Å². The first-order chi connectivity index (χ1) is 7.92. The minimum atomic E-state index is -0.405. The maximum Gasteiger partial charge on any atom is 0.407 e. The van der Waals surface area contributed by atoms with E-state index in [1.165, 1.54) is 19.3 Å². The van der Waals surface area contributed by atoms with E-state index < -0.39 is 5.60 Å². The van der Waals surface area contributed by atoms with Crippen LogP contribution in [0.1, 0.15) is 52.9 Å². The van der Waals surface area contributed by atoms with Crippen LogP contribution in [0.2, 0.25) is 0 Å². The molecule has 0 spiro atoms. The first-order valence-electron chi connectivity index (χ1n) is 6.68. The Bertz CT molecular complexity index is 276. The van der Waals surface area contributed by atoms with Crippen molar-refractivity contribution < 1.29 is 9.53 Å². The lowest BCUT2D eigenvalue weighted by atomic mass is 9.83. The molecule has 0 aliphatic heterocycles. The topological polar surface area (TPSA) is 50.4 Å². The fourth-order valence-corrected chi connectivity index (χ4v) is 2.25. The predicted octanol–water partition coefficient (Wildman–Crippen LogP) is 2.18. The third-order valence-corrected chi connectivity index (χ3v) is 3.44. The van der Waals surface area contributed by atoms with Gasteiger partial charge < -0.3 is 15.4 Å². The van der Waals surface area contributed by atoms with E-state index in [9.17, 15) is 4.79 Å². The van der Waals surface area contributed by atoms with E-state index in [2.05, 4.69) is 10.6 Å². The van der Waals surface area contributed by atoms with Gasteiger partial charge in [-0.2, -0.15) is 0 Å². The van der Waals surface area contributed by atoms with E-state index in [1.807, 2.05) is 20.8 Å². The van der Waals surface area contributed by atoms with Gasteiger partial charge in [-0.05, 0) is 46.5 Å². The second-order valence-corrected chi connectivity index (χ2v) is 6.31. The molecule has 98 valence electrons. The monoisotopic (exact) mass is 240 g/mol. The summed E-state index contributed by atoms with van der Waals surface area (Å²) in [4.78, 5) is 11.5. The van der Waals surface area contributed by atoms with E-state index >= 15 is 0 Å². The Balaban J connectivity index is 1.58. The average Bonchev–Trinajstić information content (AvgIpc) is 2.01. The number of nitrogens with one attached hydrogen (secondary N) is 2. The first-order valence-corrected chi connectivity index (χ1v) is 6.68. The second kappa shape index (κ2) is 4.84. The molecule has 0 aromatic rings. The van der Waals surface area contributed by atoms with Crippen LogP contribution in [0.25, 0.3) is 0 Å². The fraction of sp³-hybridized carbons (Fsp3) is 0.923. The molecular formula is C13H24N2O2. The number of rotatable bonds is 3. The van der Waals surface area contributed by atoms with Gasteiger partial charge in [-0.1, -0.05) is 6.42 Å². The lowest BCUT2D eigenvalue weighted by Gasteiger charge is -2.41. The summed E-state index contributed by atoms with van der Waals surface area (Å²) in [5, 5.41) is 6.52. The first kappa shape index (κ1) is 12.7. The smallest absolute Gasteiger partial charge is 0.407 e. The lowest BCUT2D eigenvalue weighted by molar-refractivity contribution is 0.0460. The molecule has 0 heterocycles. The van der Waals surface area contributed by atoms with Gasteiger partial charge in [0, 0.05) is 18.1 Å². The molecule has 0 unspecified atom stereocenters. The lowest BCUT2D eigenvalue weighted by Crippen LogP contribution is -2.56. The van der Waals surface area contributed by atoms with Gasteiger partial charge in [0.05, 0.1) is 0 Å².